The second-order valence-corrected chi connectivity index (χ2v) is 8.12. The molecule has 6 nitrogen and oxygen atoms in total. The molecule has 3 heterocycles. The lowest BCUT2D eigenvalue weighted by molar-refractivity contribution is -0.138. The summed E-state index contributed by atoms with van der Waals surface area (Å²) in [5.41, 5.74) is -0.282. The van der Waals surface area contributed by atoms with Gasteiger partial charge in [0.1, 0.15) is 0 Å². The highest BCUT2D eigenvalue weighted by Crippen LogP contribution is 2.29. The molecule has 7 heteroatoms. The molecule has 2 fully saturated rings. The zero-order chi connectivity index (χ0) is 18.0. The number of ether oxygens (including phenoxy) is 1. The summed E-state index contributed by atoms with van der Waals surface area (Å²) in [6.07, 6.45) is 2.07. The Morgan fingerprint density at radius 1 is 1.36 bits per heavy atom. The smallest absolute Gasteiger partial charge is 0.264 e. The molecular formula is C18H24N2O4S. The third-order valence-electron chi connectivity index (χ3n) is 4.82. The molecule has 0 saturated carbocycles. The predicted octanol–water partition coefficient (Wildman–Crippen LogP) is 2.30. The van der Waals surface area contributed by atoms with Crippen LogP contribution in [0.1, 0.15) is 49.2 Å². The van der Waals surface area contributed by atoms with E-state index in [-0.39, 0.29) is 48.8 Å². The molecule has 3 amide bonds. The van der Waals surface area contributed by atoms with Crippen LogP contribution in [0.2, 0.25) is 0 Å². The minimum atomic E-state index is -0.282. The Bertz CT molecular complexity index is 640. The van der Waals surface area contributed by atoms with Gasteiger partial charge >= 0.3 is 0 Å². The molecule has 0 bridgehead atoms. The van der Waals surface area contributed by atoms with Crippen LogP contribution in [-0.2, 0) is 14.3 Å². The van der Waals surface area contributed by atoms with Crippen LogP contribution in [0.4, 0.5) is 0 Å². The van der Waals surface area contributed by atoms with E-state index in [1.54, 1.807) is 0 Å². The topological polar surface area (TPSA) is 66.9 Å². The first-order valence-electron chi connectivity index (χ1n) is 8.69. The number of carbonyl (C=O) groups excluding carboxylic acids is 3. The van der Waals surface area contributed by atoms with Gasteiger partial charge in [-0.15, -0.1) is 11.3 Å². The van der Waals surface area contributed by atoms with Gasteiger partial charge in [-0.3, -0.25) is 19.3 Å². The van der Waals surface area contributed by atoms with Crippen molar-refractivity contribution in [3.05, 3.63) is 22.4 Å². The average Bonchev–Trinajstić information content (AvgIpc) is 3.19. The number of rotatable bonds is 5. The van der Waals surface area contributed by atoms with Crippen molar-refractivity contribution in [1.82, 2.24) is 9.80 Å². The summed E-state index contributed by atoms with van der Waals surface area (Å²) in [4.78, 5) is 40.5. The third-order valence-corrected chi connectivity index (χ3v) is 5.68. The van der Waals surface area contributed by atoms with Gasteiger partial charge in [0.15, 0.2) is 0 Å². The molecular weight excluding hydrogens is 340 g/mol. The van der Waals surface area contributed by atoms with Crippen molar-refractivity contribution in [3.8, 4) is 0 Å². The molecule has 136 valence electrons. The molecule has 1 atom stereocenters. The highest BCUT2D eigenvalue weighted by atomic mass is 32.1. The second-order valence-electron chi connectivity index (χ2n) is 7.17. The first-order valence-corrected chi connectivity index (χ1v) is 9.57. The van der Waals surface area contributed by atoms with Crippen LogP contribution in [0.25, 0.3) is 0 Å². The van der Waals surface area contributed by atoms with E-state index in [0.29, 0.717) is 18.0 Å². The molecule has 2 aliphatic heterocycles. The number of imide groups is 1. The zero-order valence-corrected chi connectivity index (χ0v) is 15.5. The van der Waals surface area contributed by atoms with Crippen molar-refractivity contribution >= 4 is 29.1 Å². The Balaban J connectivity index is 1.75. The SMILES string of the molecule is CC1(C)C[C@@H](N(CCN2C(=O)CCC2=O)C(=O)c2cccs2)CCO1. The maximum absolute atomic E-state index is 13.0. The molecule has 25 heavy (non-hydrogen) atoms. The number of thiophene rings is 1. The summed E-state index contributed by atoms with van der Waals surface area (Å²) >= 11 is 1.41. The van der Waals surface area contributed by atoms with Crippen molar-refractivity contribution in [2.24, 2.45) is 0 Å². The molecule has 0 aliphatic carbocycles. The monoisotopic (exact) mass is 364 g/mol. The van der Waals surface area contributed by atoms with Gasteiger partial charge in [-0.1, -0.05) is 6.07 Å². The third kappa shape index (κ3) is 4.10. The highest BCUT2D eigenvalue weighted by Gasteiger charge is 2.36. The summed E-state index contributed by atoms with van der Waals surface area (Å²) in [7, 11) is 0. The molecule has 0 aromatic carbocycles. The summed E-state index contributed by atoms with van der Waals surface area (Å²) in [5.74, 6) is -0.307. The van der Waals surface area contributed by atoms with E-state index in [0.717, 1.165) is 12.8 Å². The van der Waals surface area contributed by atoms with Gasteiger partial charge in [-0.2, -0.15) is 0 Å². The van der Waals surface area contributed by atoms with Gasteiger partial charge in [0.05, 0.1) is 10.5 Å². The van der Waals surface area contributed by atoms with Gasteiger partial charge in [0.2, 0.25) is 11.8 Å². The Kier molecular flexibility index (Phi) is 5.24. The molecule has 1 aromatic rings. The first-order chi connectivity index (χ1) is 11.9. The number of hydrogen-bond donors (Lipinski definition) is 0. The van der Waals surface area contributed by atoms with Crippen molar-refractivity contribution < 1.29 is 19.1 Å². The first kappa shape index (κ1) is 18.1. The van der Waals surface area contributed by atoms with E-state index in [9.17, 15) is 14.4 Å². The average molecular weight is 364 g/mol. The zero-order valence-electron chi connectivity index (χ0n) is 14.7. The van der Waals surface area contributed by atoms with Gasteiger partial charge in [0, 0.05) is 38.6 Å². The minimum Gasteiger partial charge on any atom is -0.375 e. The Labute approximate surface area is 151 Å². The fraction of sp³-hybridized carbons (Fsp3) is 0.611. The summed E-state index contributed by atoms with van der Waals surface area (Å²) in [6.45, 7) is 5.30. The molecule has 0 spiro atoms. The predicted molar refractivity (Wildman–Crippen MR) is 94.4 cm³/mol. The summed E-state index contributed by atoms with van der Waals surface area (Å²) < 4.78 is 5.77. The number of hydrogen-bond acceptors (Lipinski definition) is 5. The second kappa shape index (κ2) is 7.25. The lowest BCUT2D eigenvalue weighted by atomic mass is 9.92. The van der Waals surface area contributed by atoms with Crippen LogP contribution in [0, 0.1) is 0 Å². The van der Waals surface area contributed by atoms with Crippen LogP contribution >= 0.6 is 11.3 Å². The van der Waals surface area contributed by atoms with Gasteiger partial charge in [0.25, 0.3) is 5.91 Å². The lowest BCUT2D eigenvalue weighted by Gasteiger charge is -2.41. The van der Waals surface area contributed by atoms with E-state index < -0.39 is 0 Å². The number of likely N-dealkylation sites (tertiary alicyclic amines) is 1. The van der Waals surface area contributed by atoms with Crippen molar-refractivity contribution in [2.75, 3.05) is 19.7 Å². The lowest BCUT2D eigenvalue weighted by Crippen LogP contribution is -2.51. The normalized spacial score (nSPS) is 23.1. The van der Waals surface area contributed by atoms with E-state index in [1.165, 1.54) is 16.2 Å². The Hall–Kier alpha value is -1.73. The standard InChI is InChI=1S/C18H24N2O4S/c1-18(2)12-13(7-10-24-18)19(17(23)14-4-3-11-25-14)8-9-20-15(21)5-6-16(20)22/h3-4,11,13H,5-10,12H2,1-2H3/t13-/m0/s1. The molecule has 0 radical (unpaired) electrons. The Morgan fingerprint density at radius 3 is 2.68 bits per heavy atom. The van der Waals surface area contributed by atoms with E-state index in [4.69, 9.17) is 4.74 Å². The Morgan fingerprint density at radius 2 is 2.08 bits per heavy atom. The molecule has 2 aliphatic rings. The molecule has 3 rings (SSSR count). The van der Waals surface area contributed by atoms with Crippen molar-refractivity contribution in [1.29, 1.82) is 0 Å². The van der Waals surface area contributed by atoms with Crippen molar-refractivity contribution in [3.63, 3.8) is 0 Å². The van der Waals surface area contributed by atoms with Crippen LogP contribution in [-0.4, -0.2) is 58.9 Å². The van der Waals surface area contributed by atoms with Crippen LogP contribution < -0.4 is 0 Å². The summed E-state index contributed by atoms with van der Waals surface area (Å²) in [5, 5.41) is 1.88. The summed E-state index contributed by atoms with van der Waals surface area (Å²) in [6, 6.07) is 3.72. The van der Waals surface area contributed by atoms with Crippen molar-refractivity contribution in [2.45, 2.75) is 51.2 Å². The van der Waals surface area contributed by atoms with Gasteiger partial charge < -0.3 is 9.64 Å². The fourth-order valence-corrected chi connectivity index (χ4v) is 4.22. The highest BCUT2D eigenvalue weighted by molar-refractivity contribution is 7.12. The molecule has 1 aromatic heterocycles. The number of amides is 3. The molecule has 0 N–H and O–H groups in total. The minimum absolute atomic E-state index is 0.0307. The van der Waals surface area contributed by atoms with E-state index in [1.807, 2.05) is 36.3 Å². The van der Waals surface area contributed by atoms with Crippen LogP contribution in [0.3, 0.4) is 0 Å². The van der Waals surface area contributed by atoms with Gasteiger partial charge in [-0.25, -0.2) is 0 Å². The van der Waals surface area contributed by atoms with Gasteiger partial charge in [-0.05, 0) is 38.1 Å². The van der Waals surface area contributed by atoms with Crippen LogP contribution in [0.5, 0.6) is 0 Å². The number of carbonyl (C=O) groups is 3. The molecule has 0 unspecified atom stereocenters. The van der Waals surface area contributed by atoms with E-state index >= 15 is 0 Å². The number of nitrogens with zero attached hydrogens (tertiary/aromatic N) is 2. The fourth-order valence-electron chi connectivity index (χ4n) is 3.54. The maximum atomic E-state index is 13.0. The quantitative estimate of drug-likeness (QED) is 0.752. The van der Waals surface area contributed by atoms with Crippen LogP contribution in [0.15, 0.2) is 17.5 Å². The maximum Gasteiger partial charge on any atom is 0.264 e. The molecule has 2 saturated heterocycles. The largest absolute Gasteiger partial charge is 0.375 e. The van der Waals surface area contributed by atoms with E-state index in [2.05, 4.69) is 0 Å².